The van der Waals surface area contributed by atoms with Crippen LogP contribution in [0.3, 0.4) is 0 Å². The van der Waals surface area contributed by atoms with Gasteiger partial charge in [-0.05, 0) is 25.5 Å². The molecule has 2 aromatic rings. The van der Waals surface area contributed by atoms with Crippen LogP contribution in [0.15, 0.2) is 10.9 Å². The molecular weight excluding hydrogens is 288 g/mol. The Morgan fingerprint density at radius 3 is 2.61 bits per heavy atom. The zero-order valence-corrected chi connectivity index (χ0v) is 14.7. The lowest BCUT2D eigenvalue weighted by Gasteiger charge is -2.28. The fourth-order valence-electron chi connectivity index (χ4n) is 3.16. The van der Waals surface area contributed by atoms with E-state index in [4.69, 9.17) is 4.98 Å². The van der Waals surface area contributed by atoms with Gasteiger partial charge < -0.3 is 9.97 Å². The molecule has 0 bridgehead atoms. The molecule has 0 amide bonds. The van der Waals surface area contributed by atoms with Crippen LogP contribution in [0.2, 0.25) is 0 Å². The zero-order chi connectivity index (χ0) is 16.8. The van der Waals surface area contributed by atoms with E-state index in [1.165, 1.54) is 17.0 Å². The molecule has 0 radical (unpaired) electrons. The highest BCUT2D eigenvalue weighted by molar-refractivity contribution is 5.26. The molecule has 0 unspecified atom stereocenters. The molecule has 3 rings (SSSR count). The summed E-state index contributed by atoms with van der Waals surface area (Å²) in [5.41, 5.74) is 5.39. The van der Waals surface area contributed by atoms with Gasteiger partial charge in [-0.2, -0.15) is 0 Å². The van der Waals surface area contributed by atoms with E-state index in [0.29, 0.717) is 6.54 Å². The topological polar surface area (TPSA) is 64.8 Å². The van der Waals surface area contributed by atoms with E-state index in [1.807, 2.05) is 0 Å². The Morgan fingerprint density at radius 2 is 2.00 bits per heavy atom. The summed E-state index contributed by atoms with van der Waals surface area (Å²) < 4.78 is 0. The molecule has 0 spiro atoms. The predicted octanol–water partition coefficient (Wildman–Crippen LogP) is 2.57. The largest absolute Gasteiger partial charge is 0.362 e. The SMILES string of the molecule is Cc1cc(CN2CCc3nc(C(C)(C)C)[nH]c(=O)c3C2)c(C)[nH]1. The van der Waals surface area contributed by atoms with Gasteiger partial charge in [-0.15, -0.1) is 0 Å². The van der Waals surface area contributed by atoms with Crippen molar-refractivity contribution in [1.29, 1.82) is 0 Å². The number of aromatic amines is 2. The lowest BCUT2D eigenvalue weighted by atomic mass is 9.95. The first-order valence-electron chi connectivity index (χ1n) is 8.24. The second-order valence-corrected chi connectivity index (χ2v) is 7.65. The Kier molecular flexibility index (Phi) is 3.92. The van der Waals surface area contributed by atoms with Gasteiger partial charge in [0.1, 0.15) is 5.82 Å². The lowest BCUT2D eigenvalue weighted by Crippen LogP contribution is -2.37. The molecule has 1 aliphatic heterocycles. The van der Waals surface area contributed by atoms with E-state index >= 15 is 0 Å². The first-order chi connectivity index (χ1) is 10.7. The minimum absolute atomic E-state index is 0.0200. The molecule has 124 valence electrons. The first kappa shape index (κ1) is 16.0. The van der Waals surface area contributed by atoms with Gasteiger partial charge in [0, 0.05) is 42.9 Å². The fourth-order valence-corrected chi connectivity index (χ4v) is 3.16. The highest BCUT2D eigenvalue weighted by Gasteiger charge is 2.25. The molecule has 0 saturated carbocycles. The number of H-pyrrole nitrogens is 2. The van der Waals surface area contributed by atoms with Crippen molar-refractivity contribution in [1.82, 2.24) is 19.9 Å². The summed E-state index contributed by atoms with van der Waals surface area (Å²) in [6.07, 6.45) is 0.838. The van der Waals surface area contributed by atoms with Crippen LogP contribution < -0.4 is 5.56 Å². The number of nitrogens with one attached hydrogen (secondary N) is 2. The van der Waals surface area contributed by atoms with Crippen molar-refractivity contribution in [3.05, 3.63) is 50.5 Å². The summed E-state index contributed by atoms with van der Waals surface area (Å²) in [5, 5.41) is 0. The lowest BCUT2D eigenvalue weighted by molar-refractivity contribution is 0.240. The van der Waals surface area contributed by atoms with E-state index in [2.05, 4.69) is 55.6 Å². The highest BCUT2D eigenvalue weighted by Crippen LogP contribution is 2.22. The van der Waals surface area contributed by atoms with Crippen molar-refractivity contribution >= 4 is 0 Å². The molecule has 0 atom stereocenters. The van der Waals surface area contributed by atoms with Gasteiger partial charge in [-0.25, -0.2) is 4.98 Å². The molecule has 1 aliphatic rings. The molecule has 0 fully saturated rings. The standard InChI is InChI=1S/C18H26N4O/c1-11-8-13(12(2)19-11)9-22-7-6-15-14(10-22)16(23)21-17(20-15)18(3,4)5/h8,19H,6-7,9-10H2,1-5H3,(H,20,21,23). The average Bonchev–Trinajstić information content (AvgIpc) is 2.76. The van der Waals surface area contributed by atoms with E-state index in [-0.39, 0.29) is 11.0 Å². The molecule has 3 heterocycles. The minimum atomic E-state index is -0.134. The normalized spacial score (nSPS) is 15.7. The quantitative estimate of drug-likeness (QED) is 0.895. The van der Waals surface area contributed by atoms with Gasteiger partial charge >= 0.3 is 0 Å². The molecule has 2 N–H and O–H groups in total. The van der Waals surface area contributed by atoms with Crippen LogP contribution in [0.5, 0.6) is 0 Å². The van der Waals surface area contributed by atoms with Crippen molar-refractivity contribution in [2.45, 2.75) is 59.5 Å². The van der Waals surface area contributed by atoms with E-state index in [9.17, 15) is 4.79 Å². The third-order valence-corrected chi connectivity index (χ3v) is 4.51. The Hall–Kier alpha value is -1.88. The van der Waals surface area contributed by atoms with Crippen molar-refractivity contribution in [3.8, 4) is 0 Å². The number of nitrogens with zero attached hydrogens (tertiary/aromatic N) is 2. The Morgan fingerprint density at radius 1 is 1.26 bits per heavy atom. The van der Waals surface area contributed by atoms with E-state index in [0.717, 1.165) is 36.6 Å². The minimum Gasteiger partial charge on any atom is -0.362 e. The van der Waals surface area contributed by atoms with Gasteiger partial charge in [0.2, 0.25) is 0 Å². The smallest absolute Gasteiger partial charge is 0.255 e. The van der Waals surface area contributed by atoms with Crippen LogP contribution >= 0.6 is 0 Å². The van der Waals surface area contributed by atoms with Gasteiger partial charge in [0.25, 0.3) is 5.56 Å². The van der Waals surface area contributed by atoms with Gasteiger partial charge in [0.15, 0.2) is 0 Å². The number of hydrogen-bond acceptors (Lipinski definition) is 3. The molecule has 0 saturated heterocycles. The van der Waals surface area contributed by atoms with E-state index < -0.39 is 0 Å². The Bertz CT molecular complexity index is 779. The average molecular weight is 314 g/mol. The monoisotopic (exact) mass is 314 g/mol. The van der Waals surface area contributed by atoms with Crippen molar-refractivity contribution in [2.75, 3.05) is 6.54 Å². The molecule has 0 aromatic carbocycles. The van der Waals surface area contributed by atoms with Crippen LogP contribution in [-0.2, 0) is 24.9 Å². The summed E-state index contributed by atoms with van der Waals surface area (Å²) in [5.74, 6) is 0.784. The van der Waals surface area contributed by atoms with Crippen LogP contribution in [0.4, 0.5) is 0 Å². The molecule has 0 aliphatic carbocycles. The number of hydrogen-bond donors (Lipinski definition) is 2. The zero-order valence-electron chi connectivity index (χ0n) is 14.7. The third kappa shape index (κ3) is 3.24. The molecule has 5 nitrogen and oxygen atoms in total. The maximum absolute atomic E-state index is 12.5. The number of aryl methyl sites for hydroxylation is 2. The van der Waals surface area contributed by atoms with Crippen molar-refractivity contribution < 1.29 is 0 Å². The number of rotatable bonds is 2. The summed E-state index contributed by atoms with van der Waals surface area (Å²) in [6, 6.07) is 2.19. The van der Waals surface area contributed by atoms with Gasteiger partial charge in [-0.1, -0.05) is 20.8 Å². The summed E-state index contributed by atoms with van der Waals surface area (Å²) in [7, 11) is 0. The molecule has 5 heteroatoms. The molecule has 23 heavy (non-hydrogen) atoms. The van der Waals surface area contributed by atoms with Gasteiger partial charge in [-0.3, -0.25) is 9.69 Å². The van der Waals surface area contributed by atoms with Crippen LogP contribution in [0.25, 0.3) is 0 Å². The Labute approximate surface area is 137 Å². The Balaban J connectivity index is 1.84. The van der Waals surface area contributed by atoms with Crippen LogP contribution in [0.1, 0.15) is 54.8 Å². The molecular formula is C18H26N4O. The third-order valence-electron chi connectivity index (χ3n) is 4.51. The maximum atomic E-state index is 12.5. The van der Waals surface area contributed by atoms with Crippen molar-refractivity contribution in [2.24, 2.45) is 0 Å². The van der Waals surface area contributed by atoms with E-state index in [1.54, 1.807) is 0 Å². The first-order valence-corrected chi connectivity index (χ1v) is 8.24. The van der Waals surface area contributed by atoms with Gasteiger partial charge in [0.05, 0.1) is 11.3 Å². The summed E-state index contributed by atoms with van der Waals surface area (Å²) in [6.45, 7) is 12.9. The summed E-state index contributed by atoms with van der Waals surface area (Å²) in [4.78, 5) is 25.8. The van der Waals surface area contributed by atoms with Crippen LogP contribution in [0, 0.1) is 13.8 Å². The second kappa shape index (κ2) is 5.64. The van der Waals surface area contributed by atoms with Crippen molar-refractivity contribution in [3.63, 3.8) is 0 Å². The highest BCUT2D eigenvalue weighted by atomic mass is 16.1. The van der Waals surface area contributed by atoms with Crippen LogP contribution in [-0.4, -0.2) is 26.4 Å². The number of fused-ring (bicyclic) bond motifs is 1. The maximum Gasteiger partial charge on any atom is 0.255 e. The fraction of sp³-hybridized carbons (Fsp3) is 0.556. The molecule has 2 aromatic heterocycles. The summed E-state index contributed by atoms with van der Waals surface area (Å²) >= 11 is 0. The number of aromatic nitrogens is 3. The predicted molar refractivity (Wildman–Crippen MR) is 91.6 cm³/mol. The second-order valence-electron chi connectivity index (χ2n) is 7.65.